The van der Waals surface area contributed by atoms with Crippen LogP contribution in [-0.4, -0.2) is 7.11 Å². The molecule has 11 rings (SSSR count). The normalized spacial score (nSPS) is 13.0. The Kier molecular flexibility index (Phi) is 57.7. The first-order chi connectivity index (χ1) is 54.2. The molecule has 114 heavy (non-hydrogen) atoms. The molecular weight excluding hydrogens is 1380 g/mol. The van der Waals surface area contributed by atoms with Crippen LogP contribution in [0.3, 0.4) is 0 Å². The fourth-order valence-electron chi connectivity index (χ4n) is 12.8. The van der Waals surface area contributed by atoms with Gasteiger partial charge in [0.25, 0.3) is 0 Å². The minimum absolute atomic E-state index is 0.586. The average molecular weight is 1540 g/mol. The van der Waals surface area contributed by atoms with Gasteiger partial charge in [0.1, 0.15) is 17.2 Å². The zero-order valence-corrected chi connectivity index (χ0v) is 78.9. The molecule has 1 aliphatic carbocycles. The summed E-state index contributed by atoms with van der Waals surface area (Å²) in [6.45, 7) is 65.7. The van der Waals surface area contributed by atoms with Gasteiger partial charge in [-0.2, -0.15) is 0 Å². The Morgan fingerprint density at radius 2 is 0.588 bits per heavy atom. The molecule has 0 aliphatic heterocycles. The third-order valence-corrected chi connectivity index (χ3v) is 20.5. The van der Waals surface area contributed by atoms with E-state index in [-0.39, 0.29) is 0 Å². The van der Waals surface area contributed by atoms with Crippen LogP contribution >= 0.6 is 0 Å². The van der Waals surface area contributed by atoms with Gasteiger partial charge in [0, 0.05) is 0 Å². The van der Waals surface area contributed by atoms with Gasteiger partial charge in [-0.1, -0.05) is 408 Å². The first kappa shape index (κ1) is 106. The Labute approximate surface area is 704 Å². The van der Waals surface area contributed by atoms with Crippen molar-refractivity contribution in [2.75, 3.05) is 7.11 Å². The van der Waals surface area contributed by atoms with Crippen molar-refractivity contribution in [1.82, 2.24) is 0 Å². The fourth-order valence-corrected chi connectivity index (χ4v) is 12.8. The molecule has 2 unspecified atom stereocenters. The second-order valence-corrected chi connectivity index (χ2v) is 33.2. The van der Waals surface area contributed by atoms with E-state index in [0.717, 1.165) is 48.8 Å². The highest BCUT2D eigenvalue weighted by Gasteiger charge is 2.38. The van der Waals surface area contributed by atoms with E-state index in [1.165, 1.54) is 207 Å². The van der Waals surface area contributed by atoms with Crippen molar-refractivity contribution in [2.45, 2.75) is 323 Å². The van der Waals surface area contributed by atoms with Crippen molar-refractivity contribution in [3.8, 4) is 28.4 Å². The molecule has 1 aliphatic rings. The Morgan fingerprint density at radius 3 is 0.860 bits per heavy atom. The number of aryl methyl sites for hydroxylation is 17. The van der Waals surface area contributed by atoms with E-state index in [4.69, 9.17) is 9.47 Å². The van der Waals surface area contributed by atoms with Crippen LogP contribution in [0, 0.1) is 114 Å². The van der Waals surface area contributed by atoms with Crippen molar-refractivity contribution in [2.24, 2.45) is 16.7 Å². The lowest BCUT2D eigenvalue weighted by atomic mass is 9.60. The van der Waals surface area contributed by atoms with Crippen LogP contribution in [0.15, 0.2) is 218 Å². The molecule has 2 atom stereocenters. The van der Waals surface area contributed by atoms with Crippen molar-refractivity contribution in [3.63, 3.8) is 0 Å². The quantitative estimate of drug-likeness (QED) is 0.0898. The van der Waals surface area contributed by atoms with Crippen molar-refractivity contribution in [3.05, 3.63) is 324 Å². The molecule has 2 nitrogen and oxygen atoms in total. The zero-order valence-electron chi connectivity index (χ0n) is 78.9. The van der Waals surface area contributed by atoms with Gasteiger partial charge in [-0.25, -0.2) is 0 Å². The maximum atomic E-state index is 5.69. The van der Waals surface area contributed by atoms with Gasteiger partial charge in [-0.05, 0) is 267 Å². The minimum Gasteiger partial charge on any atom is -0.496 e. The molecule has 10 aromatic rings. The lowest BCUT2D eigenvalue weighted by Gasteiger charge is -2.45. The van der Waals surface area contributed by atoms with E-state index < -0.39 is 0 Å². The first-order valence-electron chi connectivity index (χ1n) is 44.1. The van der Waals surface area contributed by atoms with Crippen LogP contribution in [-0.2, 0) is 25.7 Å². The van der Waals surface area contributed by atoms with Gasteiger partial charge < -0.3 is 9.47 Å². The predicted molar refractivity (Wildman–Crippen MR) is 514 cm³/mol. The molecule has 0 spiro atoms. The van der Waals surface area contributed by atoms with Gasteiger partial charge in [-0.15, -0.1) is 0 Å². The smallest absolute Gasteiger partial charge is 0.127 e. The predicted octanol–water partition coefficient (Wildman–Crippen LogP) is 35.1. The average Bonchev–Trinajstić information content (AvgIpc) is 0.806. The monoisotopic (exact) mass is 1540 g/mol. The molecular formula is C112H166O2. The lowest BCUT2D eigenvalue weighted by molar-refractivity contribution is 0.0581. The van der Waals surface area contributed by atoms with Crippen LogP contribution < -0.4 is 9.47 Å². The Balaban J connectivity index is 0.00000125. The molecule has 1 fully saturated rings. The van der Waals surface area contributed by atoms with Gasteiger partial charge in [0.15, 0.2) is 0 Å². The largest absolute Gasteiger partial charge is 0.496 e. The van der Waals surface area contributed by atoms with Crippen LogP contribution in [0.25, 0.3) is 11.1 Å². The van der Waals surface area contributed by atoms with Crippen LogP contribution in [0.1, 0.15) is 306 Å². The molecule has 0 heterocycles. The summed E-state index contributed by atoms with van der Waals surface area (Å²) in [7, 11) is 1.71. The number of ether oxygens (including phenoxy) is 2. The van der Waals surface area contributed by atoms with Crippen molar-refractivity contribution >= 4 is 0 Å². The third kappa shape index (κ3) is 49.5. The Bertz CT molecular complexity index is 3740. The molecule has 1 saturated carbocycles. The molecule has 0 N–H and O–H groups in total. The van der Waals surface area contributed by atoms with E-state index in [0.29, 0.717) is 10.8 Å². The van der Waals surface area contributed by atoms with E-state index in [1.807, 2.05) is 48.5 Å². The number of rotatable bonds is 16. The SMILES string of the molecule is CCC.CCC1(C)CC(C)CC(C)(C)C1.CCCC.CCCCC.CCCCCC.CCc1ccc(C)cc1.CCc1ccc(CC)cc1.COc1cc(-c2ccc(C)c(C)c2)ccc1C.Cc1ccc(C)c(C)c1.Cc1ccc(C)c(C)c1.Cc1ccc(Cc2ccc(C)cc2)cc1.Cc1ccc(Oc2ccc(C)cc2)cc1. The number of hydrogen-bond donors (Lipinski definition) is 0. The highest BCUT2D eigenvalue weighted by Crippen LogP contribution is 2.50. The number of hydrogen-bond acceptors (Lipinski definition) is 2. The number of benzene rings is 10. The zero-order chi connectivity index (χ0) is 86.0. The van der Waals surface area contributed by atoms with E-state index in [9.17, 15) is 0 Å². The summed E-state index contributed by atoms with van der Waals surface area (Å²) in [5, 5.41) is 0. The summed E-state index contributed by atoms with van der Waals surface area (Å²) in [5.41, 5.74) is 29.2. The standard InChI is InChI=1S/C16H18O.C15H16.C14H14O.C12H24.C10H14.3C9H12.C6H14.C5H12.C4H10.C3H8/c1-11-5-7-14(9-13(11)3)15-8-6-12(2)16(10-15)17-4;1-12-3-7-14(8-4-12)11-15-9-5-13(2)6-10-15;1-11-3-7-13(8-4-11)15-14-9-5-12(2)6-10-14;1-6-12(5)8-10(2)7-11(3,4)9-12;1-3-9-5-7-10(4-2)8-6-9;2*1-7-4-5-8(2)9(3)6-7;1-3-9-6-4-8(2)5-7-9;1-3-5-6-4-2;1-3-5-4-2;1-3-4-2;1-3-2/h5-10H,1-4H3;3-10H,11H2,1-2H3;3-10H,1-2H3;10H,6-9H2,1-5H3;5-8H,3-4H2,1-2H3;2*4-6H,1-3H3;4-7H,3H2,1-2H3;3-6H2,1-2H3;3-5H2,1-2H3;3-4H2,1-2H3;3H2,1-2H3. The molecule has 0 bridgehead atoms. The minimum atomic E-state index is 0.586. The Morgan fingerprint density at radius 1 is 0.298 bits per heavy atom. The van der Waals surface area contributed by atoms with Crippen molar-refractivity contribution < 1.29 is 9.47 Å². The molecule has 2 heteroatoms. The summed E-state index contributed by atoms with van der Waals surface area (Å²) in [6, 6.07) is 77.0. The Hall–Kier alpha value is -8.20. The summed E-state index contributed by atoms with van der Waals surface area (Å²) in [4.78, 5) is 0. The highest BCUT2D eigenvalue weighted by atomic mass is 16.5. The van der Waals surface area contributed by atoms with Gasteiger partial charge >= 0.3 is 0 Å². The van der Waals surface area contributed by atoms with E-state index in [1.54, 1.807) is 7.11 Å². The van der Waals surface area contributed by atoms with Crippen LogP contribution in [0.5, 0.6) is 17.2 Å². The van der Waals surface area contributed by atoms with Crippen molar-refractivity contribution in [1.29, 1.82) is 0 Å². The summed E-state index contributed by atoms with van der Waals surface area (Å²) in [5.74, 6) is 3.63. The summed E-state index contributed by atoms with van der Waals surface area (Å²) in [6.07, 6.45) is 23.6. The molecule has 626 valence electrons. The van der Waals surface area contributed by atoms with Crippen LogP contribution in [0.4, 0.5) is 0 Å². The van der Waals surface area contributed by atoms with Gasteiger partial charge in [0.05, 0.1) is 7.11 Å². The summed E-state index contributed by atoms with van der Waals surface area (Å²) >= 11 is 0. The topological polar surface area (TPSA) is 18.5 Å². The second kappa shape index (κ2) is 62.1. The maximum absolute atomic E-state index is 5.69. The number of methoxy groups -OCH3 is 1. The van der Waals surface area contributed by atoms with Gasteiger partial charge in [0.2, 0.25) is 0 Å². The second-order valence-electron chi connectivity index (χ2n) is 33.2. The molecule has 0 radical (unpaired) electrons. The highest BCUT2D eigenvalue weighted by molar-refractivity contribution is 5.67. The fraction of sp³-hybridized carbons (Fsp3) is 0.464. The molecule has 0 aromatic heterocycles. The first-order valence-corrected chi connectivity index (χ1v) is 44.1. The van der Waals surface area contributed by atoms with Crippen LogP contribution in [0.2, 0.25) is 0 Å². The maximum Gasteiger partial charge on any atom is 0.127 e. The van der Waals surface area contributed by atoms with E-state index in [2.05, 4.69) is 378 Å². The number of unbranched alkanes of at least 4 members (excludes halogenated alkanes) is 6. The third-order valence-electron chi connectivity index (χ3n) is 20.5. The lowest BCUT2D eigenvalue weighted by Crippen LogP contribution is -2.34. The molecule has 0 saturated heterocycles. The molecule has 0 amide bonds. The summed E-state index contributed by atoms with van der Waals surface area (Å²) < 4.78 is 11.0. The van der Waals surface area contributed by atoms with Gasteiger partial charge in [-0.3, -0.25) is 0 Å². The van der Waals surface area contributed by atoms with E-state index >= 15 is 0 Å². The molecule has 10 aromatic carbocycles.